The number of urea groups is 1. The molecule has 1 aromatic carbocycles. The van der Waals surface area contributed by atoms with Crippen LogP contribution >= 0.6 is 0 Å². The first kappa shape index (κ1) is 13.6. The molecule has 0 saturated carbocycles. The molecule has 17 heavy (non-hydrogen) atoms. The maximum absolute atomic E-state index is 11.8. The summed E-state index contributed by atoms with van der Waals surface area (Å²) in [5.41, 5.74) is 4.44. The van der Waals surface area contributed by atoms with Gasteiger partial charge >= 0.3 is 6.03 Å². The van der Waals surface area contributed by atoms with Crippen LogP contribution in [-0.4, -0.2) is 15.3 Å². The first-order chi connectivity index (χ1) is 7.63. The van der Waals surface area contributed by atoms with Crippen LogP contribution < -0.4 is 10.9 Å². The number of carbonyl (C=O) groups is 1. The summed E-state index contributed by atoms with van der Waals surface area (Å²) in [7, 11) is -3.30. The Morgan fingerprint density at radius 3 is 2.18 bits per heavy atom. The van der Waals surface area contributed by atoms with E-state index in [0.717, 1.165) is 0 Å². The minimum Gasteiger partial charge on any atom is -0.386 e. The van der Waals surface area contributed by atoms with Crippen LogP contribution in [0.5, 0.6) is 0 Å². The zero-order valence-corrected chi connectivity index (χ0v) is 10.4. The van der Waals surface area contributed by atoms with Gasteiger partial charge in [-0.2, -0.15) is 0 Å². The summed E-state index contributed by atoms with van der Waals surface area (Å²) in [4.78, 5) is 10.8. The van der Waals surface area contributed by atoms with E-state index in [2.05, 4.69) is 4.36 Å². The molecular weight excluding hydrogens is 242 g/mol. The molecule has 6 nitrogen and oxygen atoms in total. The van der Waals surface area contributed by atoms with Crippen molar-refractivity contribution in [3.05, 3.63) is 29.8 Å². The quantitative estimate of drug-likeness (QED) is 0.723. The lowest BCUT2D eigenvalue weighted by molar-refractivity contribution is 0.0785. The van der Waals surface area contributed by atoms with E-state index >= 15 is 0 Å². The van der Waals surface area contributed by atoms with Crippen LogP contribution in [0.4, 0.5) is 4.79 Å². The predicted octanol–water partition coefficient (Wildman–Crippen LogP) is 0.693. The Morgan fingerprint density at radius 1 is 1.35 bits per heavy atom. The summed E-state index contributed by atoms with van der Waals surface area (Å²) in [5, 5.41) is 15.1. The highest BCUT2D eigenvalue weighted by Gasteiger charge is 2.16. The number of carbonyl (C=O) groups excluding carboxylic acids is 1. The van der Waals surface area contributed by atoms with E-state index in [9.17, 15) is 14.1 Å². The third kappa shape index (κ3) is 3.52. The number of hydrogen-bond donors (Lipinski definition) is 3. The summed E-state index contributed by atoms with van der Waals surface area (Å²) in [5.74, 6) is 0. The molecule has 0 aromatic heterocycles. The molecule has 7 heteroatoms. The van der Waals surface area contributed by atoms with Gasteiger partial charge in [0, 0.05) is 0 Å². The molecule has 0 aliphatic carbocycles. The Bertz CT molecular complexity index is 537. The van der Waals surface area contributed by atoms with Crippen LogP contribution in [0.2, 0.25) is 0 Å². The fourth-order valence-corrected chi connectivity index (χ4v) is 2.14. The highest BCUT2D eigenvalue weighted by molar-refractivity contribution is 7.91. The summed E-state index contributed by atoms with van der Waals surface area (Å²) in [6.45, 7) is 3.24. The Balaban J connectivity index is 3.21. The fraction of sp³-hybridized carbons (Fsp3) is 0.300. The minimum atomic E-state index is -3.30. The fourth-order valence-electron chi connectivity index (χ4n) is 1.24. The molecule has 0 aliphatic rings. The lowest BCUT2D eigenvalue weighted by atomic mass is 9.99. The predicted molar refractivity (Wildman–Crippen MR) is 64.3 cm³/mol. The van der Waals surface area contributed by atoms with Crippen LogP contribution in [0.3, 0.4) is 0 Å². The average Bonchev–Trinajstić information content (AvgIpc) is 2.14. The van der Waals surface area contributed by atoms with Gasteiger partial charge in [-0.1, -0.05) is 12.1 Å². The number of amides is 2. The van der Waals surface area contributed by atoms with Crippen molar-refractivity contribution in [2.45, 2.75) is 24.3 Å². The lowest BCUT2D eigenvalue weighted by Crippen LogP contribution is -2.19. The first-order valence-electron chi connectivity index (χ1n) is 4.80. The van der Waals surface area contributed by atoms with E-state index in [4.69, 9.17) is 10.9 Å². The van der Waals surface area contributed by atoms with Gasteiger partial charge in [-0.3, -0.25) is 0 Å². The second-order valence-electron chi connectivity index (χ2n) is 4.08. The van der Waals surface area contributed by atoms with Gasteiger partial charge < -0.3 is 10.8 Å². The van der Waals surface area contributed by atoms with Crippen molar-refractivity contribution >= 4 is 15.9 Å². The highest BCUT2D eigenvalue weighted by Crippen LogP contribution is 2.21. The second-order valence-corrected chi connectivity index (χ2v) is 5.87. The van der Waals surface area contributed by atoms with Gasteiger partial charge in [0.2, 0.25) is 0 Å². The Morgan fingerprint density at radius 2 is 1.82 bits per heavy atom. The Hall–Kier alpha value is -1.44. The molecule has 0 heterocycles. The van der Waals surface area contributed by atoms with Crippen LogP contribution in [-0.2, 0) is 15.5 Å². The molecular formula is C10H15N3O3S. The van der Waals surface area contributed by atoms with Crippen LogP contribution in [0.1, 0.15) is 19.4 Å². The molecule has 1 rings (SSSR count). The number of aliphatic hydroxyl groups is 1. The molecule has 2 amide bonds. The zero-order chi connectivity index (χ0) is 13.3. The van der Waals surface area contributed by atoms with Crippen molar-refractivity contribution in [1.29, 1.82) is 0 Å². The van der Waals surface area contributed by atoms with Crippen molar-refractivity contribution in [1.82, 2.24) is 0 Å². The van der Waals surface area contributed by atoms with E-state index in [1.807, 2.05) is 0 Å². The average molecular weight is 257 g/mol. The molecule has 0 unspecified atom stereocenters. The SMILES string of the molecule is CC(C)(O)c1ccc([S@](N)(=O)=NC(N)=O)cc1. The summed E-state index contributed by atoms with van der Waals surface area (Å²) in [6.07, 6.45) is 0. The molecule has 0 saturated heterocycles. The number of rotatable bonds is 2. The molecule has 94 valence electrons. The van der Waals surface area contributed by atoms with Crippen LogP contribution in [0, 0.1) is 0 Å². The largest absolute Gasteiger partial charge is 0.386 e. The highest BCUT2D eigenvalue weighted by atomic mass is 32.2. The molecule has 0 fully saturated rings. The Kier molecular flexibility index (Phi) is 3.56. The van der Waals surface area contributed by atoms with E-state index in [1.54, 1.807) is 26.0 Å². The molecule has 0 bridgehead atoms. The standard InChI is InChI=1S/C10H15N3O3S/c1-10(2,15)7-3-5-8(6-4-7)17(12,16)13-9(11)14/h3-6,15H,1-2H3,(H4,11,12,13,14,16)/t17-/m1/s1. The summed E-state index contributed by atoms with van der Waals surface area (Å²) < 4.78 is 15.0. The van der Waals surface area contributed by atoms with Crippen molar-refractivity contribution in [2.75, 3.05) is 0 Å². The van der Waals surface area contributed by atoms with Crippen LogP contribution in [0.25, 0.3) is 0 Å². The second kappa shape index (κ2) is 4.44. The van der Waals surface area contributed by atoms with Gasteiger partial charge in [-0.15, -0.1) is 4.36 Å². The van der Waals surface area contributed by atoms with Crippen molar-refractivity contribution < 1.29 is 14.1 Å². The normalized spacial score (nSPS) is 15.1. The molecule has 1 atom stereocenters. The lowest BCUT2D eigenvalue weighted by Gasteiger charge is -2.17. The van der Waals surface area contributed by atoms with Crippen molar-refractivity contribution in [3.63, 3.8) is 0 Å². The first-order valence-corrected chi connectivity index (χ1v) is 6.38. The number of nitrogens with zero attached hydrogens (tertiary/aromatic N) is 1. The topological polar surface area (TPSA) is 119 Å². The van der Waals surface area contributed by atoms with Crippen molar-refractivity contribution in [3.8, 4) is 0 Å². The number of nitrogens with two attached hydrogens (primary N) is 2. The maximum atomic E-state index is 11.8. The third-order valence-electron chi connectivity index (χ3n) is 2.12. The molecule has 0 spiro atoms. The summed E-state index contributed by atoms with van der Waals surface area (Å²) >= 11 is 0. The van der Waals surface area contributed by atoms with Gasteiger partial charge in [-0.25, -0.2) is 14.1 Å². The van der Waals surface area contributed by atoms with Gasteiger partial charge in [0.1, 0.15) is 9.92 Å². The minimum absolute atomic E-state index is 0.185. The Labute approximate surface area is 99.9 Å². The van der Waals surface area contributed by atoms with Gasteiger partial charge in [0.05, 0.1) is 10.5 Å². The number of benzene rings is 1. The molecule has 0 aliphatic heterocycles. The molecule has 1 aromatic rings. The number of primary amides is 1. The summed E-state index contributed by atoms with van der Waals surface area (Å²) in [6, 6.07) is 4.95. The van der Waals surface area contributed by atoms with E-state index < -0.39 is 21.5 Å². The van der Waals surface area contributed by atoms with E-state index in [1.165, 1.54) is 12.1 Å². The van der Waals surface area contributed by atoms with Gasteiger partial charge in [0.15, 0.2) is 0 Å². The monoisotopic (exact) mass is 257 g/mol. The van der Waals surface area contributed by atoms with E-state index in [-0.39, 0.29) is 4.90 Å². The van der Waals surface area contributed by atoms with E-state index in [0.29, 0.717) is 5.56 Å². The van der Waals surface area contributed by atoms with Gasteiger partial charge in [-0.05, 0) is 31.5 Å². The van der Waals surface area contributed by atoms with Crippen LogP contribution in [0.15, 0.2) is 33.5 Å². The maximum Gasteiger partial charge on any atom is 0.347 e. The zero-order valence-electron chi connectivity index (χ0n) is 9.58. The third-order valence-corrected chi connectivity index (χ3v) is 3.52. The van der Waals surface area contributed by atoms with Crippen molar-refractivity contribution in [2.24, 2.45) is 15.2 Å². The smallest absolute Gasteiger partial charge is 0.347 e. The van der Waals surface area contributed by atoms with Gasteiger partial charge in [0.25, 0.3) is 0 Å². The number of hydrogen-bond acceptors (Lipinski definition) is 3. The molecule has 5 N–H and O–H groups in total. The molecule has 0 radical (unpaired) electrons.